The predicted octanol–water partition coefficient (Wildman–Crippen LogP) is 5.95. The number of furan rings is 1. The monoisotopic (exact) mass is 545 g/mol. The molecule has 0 saturated carbocycles. The van der Waals surface area contributed by atoms with Crippen LogP contribution in [0.1, 0.15) is 10.5 Å². The molecule has 2 aromatic carbocycles. The number of nitrogens with zero attached hydrogens (tertiary/aromatic N) is 3. The number of halogens is 2. The topological polar surface area (TPSA) is 114 Å². The summed E-state index contributed by atoms with van der Waals surface area (Å²) in [6, 6.07) is 17.5. The summed E-state index contributed by atoms with van der Waals surface area (Å²) < 4.78 is 6.51. The Morgan fingerprint density at radius 1 is 1.06 bits per heavy atom. The van der Waals surface area contributed by atoms with E-state index in [4.69, 9.17) is 16.0 Å². The zero-order chi connectivity index (χ0) is 24.1. The zero-order valence-electron chi connectivity index (χ0n) is 17.7. The maximum absolute atomic E-state index is 12.7. The Balaban J connectivity index is 1.34. The number of carbonyl (C=O) groups excluding carboxylic acids is 1. The van der Waals surface area contributed by atoms with Crippen LogP contribution in [0.3, 0.4) is 0 Å². The molecule has 6 rings (SSSR count). The van der Waals surface area contributed by atoms with Gasteiger partial charge in [0.2, 0.25) is 5.58 Å². The largest absolute Gasteiger partial charge is 0.449 e. The maximum Gasteiger partial charge on any atom is 0.294 e. The Labute approximate surface area is 210 Å². The summed E-state index contributed by atoms with van der Waals surface area (Å²) in [7, 11) is 0. The van der Waals surface area contributed by atoms with E-state index in [1.54, 1.807) is 48.7 Å². The van der Waals surface area contributed by atoms with E-state index < -0.39 is 11.5 Å². The van der Waals surface area contributed by atoms with Crippen LogP contribution in [0.4, 0.5) is 5.69 Å². The van der Waals surface area contributed by atoms with Gasteiger partial charge in [-0.2, -0.15) is 0 Å². The van der Waals surface area contributed by atoms with Gasteiger partial charge in [-0.1, -0.05) is 27.5 Å². The zero-order valence-corrected chi connectivity index (χ0v) is 20.0. The first kappa shape index (κ1) is 21.5. The third-order valence-corrected chi connectivity index (χ3v) is 6.27. The highest BCUT2D eigenvalue weighted by Crippen LogP contribution is 2.32. The lowest BCUT2D eigenvalue weighted by atomic mass is 10.1. The van der Waals surface area contributed by atoms with Gasteiger partial charge in [0.15, 0.2) is 5.65 Å². The van der Waals surface area contributed by atoms with Crippen molar-refractivity contribution >= 4 is 72.2 Å². The molecule has 0 fully saturated rings. The maximum atomic E-state index is 12.7. The highest BCUT2D eigenvalue weighted by atomic mass is 79.9. The predicted molar refractivity (Wildman–Crippen MR) is 138 cm³/mol. The van der Waals surface area contributed by atoms with Crippen molar-refractivity contribution in [1.29, 1.82) is 0 Å². The molecule has 0 bridgehead atoms. The van der Waals surface area contributed by atoms with E-state index in [2.05, 4.69) is 41.2 Å². The van der Waals surface area contributed by atoms with E-state index in [1.807, 2.05) is 18.2 Å². The van der Waals surface area contributed by atoms with E-state index in [9.17, 15) is 9.59 Å². The fourth-order valence-corrected chi connectivity index (χ4v) is 4.44. The van der Waals surface area contributed by atoms with Crippen LogP contribution in [0.15, 0.2) is 80.5 Å². The second-order valence-corrected chi connectivity index (χ2v) is 9.05. The highest BCUT2D eigenvalue weighted by molar-refractivity contribution is 9.10. The van der Waals surface area contributed by atoms with Gasteiger partial charge >= 0.3 is 0 Å². The van der Waals surface area contributed by atoms with Crippen molar-refractivity contribution in [2.45, 2.75) is 0 Å². The Hall–Kier alpha value is -4.08. The summed E-state index contributed by atoms with van der Waals surface area (Å²) in [4.78, 5) is 41.2. The summed E-state index contributed by atoms with van der Waals surface area (Å²) in [5, 5.41) is 4.63. The molecule has 4 aromatic heterocycles. The Kier molecular flexibility index (Phi) is 5.09. The molecule has 10 heteroatoms. The third-order valence-electron chi connectivity index (χ3n) is 5.46. The molecule has 0 aliphatic rings. The molecular formula is C25H13BrClN5O3. The number of H-pyrrole nitrogens is 1. The van der Waals surface area contributed by atoms with E-state index in [0.29, 0.717) is 38.4 Å². The van der Waals surface area contributed by atoms with Crippen molar-refractivity contribution in [2.24, 2.45) is 0 Å². The lowest BCUT2D eigenvalue weighted by Gasteiger charge is -2.09. The summed E-state index contributed by atoms with van der Waals surface area (Å²) in [5.74, 6) is -0.111. The quantitative estimate of drug-likeness (QED) is 0.284. The van der Waals surface area contributed by atoms with Gasteiger partial charge in [0, 0.05) is 32.7 Å². The summed E-state index contributed by atoms with van der Waals surface area (Å²) >= 11 is 9.96. The second-order valence-electron chi connectivity index (χ2n) is 7.73. The van der Waals surface area contributed by atoms with Gasteiger partial charge in [0.25, 0.3) is 11.5 Å². The van der Waals surface area contributed by atoms with Crippen molar-refractivity contribution in [3.63, 3.8) is 0 Å². The van der Waals surface area contributed by atoms with Crippen LogP contribution in [0.2, 0.25) is 5.02 Å². The smallest absolute Gasteiger partial charge is 0.294 e. The summed E-state index contributed by atoms with van der Waals surface area (Å²) in [6.07, 6.45) is 1.62. The van der Waals surface area contributed by atoms with E-state index in [-0.39, 0.29) is 17.1 Å². The molecular weight excluding hydrogens is 534 g/mol. The number of hydrogen-bond donors (Lipinski definition) is 2. The van der Waals surface area contributed by atoms with Crippen molar-refractivity contribution in [3.8, 4) is 11.4 Å². The first-order chi connectivity index (χ1) is 17.0. The second kappa shape index (κ2) is 8.30. The SMILES string of the molecule is O=C(Nc1ccc(-c2nc3c(oc4ccc(Br)cc43)c(=O)[nH]2)c(Cl)c1)c1ccc2cccnc2n1. The Bertz CT molecular complexity index is 1860. The standard InChI is InChI=1S/C25H13BrClN5O3/c26-13-4-8-19-16(10-13)20-21(35-19)25(34)32-23(31-20)15-6-5-14(11-17(15)27)29-24(33)18-7-3-12-2-1-9-28-22(12)30-18/h1-11H,(H,29,33)(H,31,32,34). The summed E-state index contributed by atoms with van der Waals surface area (Å²) in [6.45, 7) is 0. The van der Waals surface area contributed by atoms with Crippen LogP contribution in [-0.2, 0) is 0 Å². The van der Waals surface area contributed by atoms with Crippen molar-refractivity contribution in [3.05, 3.63) is 92.4 Å². The minimum atomic E-state index is -0.415. The number of rotatable bonds is 3. The number of amides is 1. The Morgan fingerprint density at radius 3 is 2.80 bits per heavy atom. The number of hydrogen-bond acceptors (Lipinski definition) is 6. The molecule has 0 spiro atoms. The van der Waals surface area contributed by atoms with Gasteiger partial charge in [-0.15, -0.1) is 0 Å². The molecule has 0 saturated heterocycles. The molecule has 0 aliphatic carbocycles. The molecule has 1 amide bonds. The molecule has 35 heavy (non-hydrogen) atoms. The van der Waals surface area contributed by atoms with Crippen LogP contribution in [0.25, 0.3) is 44.5 Å². The minimum Gasteiger partial charge on any atom is -0.449 e. The van der Waals surface area contributed by atoms with E-state index in [1.165, 1.54) is 0 Å². The van der Waals surface area contributed by atoms with Gasteiger partial charge in [-0.05, 0) is 60.7 Å². The number of benzene rings is 2. The molecule has 0 radical (unpaired) electrons. The molecule has 170 valence electrons. The Morgan fingerprint density at radius 2 is 1.94 bits per heavy atom. The lowest BCUT2D eigenvalue weighted by Crippen LogP contribution is -2.14. The molecule has 8 nitrogen and oxygen atoms in total. The highest BCUT2D eigenvalue weighted by Gasteiger charge is 2.17. The van der Waals surface area contributed by atoms with Gasteiger partial charge < -0.3 is 14.7 Å². The van der Waals surface area contributed by atoms with Crippen LogP contribution in [0.5, 0.6) is 0 Å². The van der Waals surface area contributed by atoms with E-state index >= 15 is 0 Å². The normalized spacial score (nSPS) is 11.4. The first-order valence-electron chi connectivity index (χ1n) is 10.4. The number of carbonyl (C=O) groups is 1. The number of aromatic nitrogens is 4. The van der Waals surface area contributed by atoms with Gasteiger partial charge in [-0.3, -0.25) is 9.59 Å². The lowest BCUT2D eigenvalue weighted by molar-refractivity contribution is 0.102. The fourth-order valence-electron chi connectivity index (χ4n) is 3.81. The first-order valence-corrected chi connectivity index (χ1v) is 11.6. The number of nitrogens with one attached hydrogen (secondary N) is 2. The molecule has 0 aliphatic heterocycles. The van der Waals surface area contributed by atoms with Crippen LogP contribution >= 0.6 is 27.5 Å². The van der Waals surface area contributed by atoms with Crippen LogP contribution in [0, 0.1) is 0 Å². The number of pyridine rings is 2. The van der Waals surface area contributed by atoms with Crippen LogP contribution < -0.4 is 10.9 Å². The molecule has 2 N–H and O–H groups in total. The minimum absolute atomic E-state index is 0.138. The van der Waals surface area contributed by atoms with Crippen LogP contribution in [-0.4, -0.2) is 25.8 Å². The van der Waals surface area contributed by atoms with Gasteiger partial charge in [-0.25, -0.2) is 15.0 Å². The van der Waals surface area contributed by atoms with Gasteiger partial charge in [0.1, 0.15) is 22.6 Å². The number of anilines is 1. The average Bonchev–Trinajstić information content (AvgIpc) is 3.22. The van der Waals surface area contributed by atoms with E-state index in [0.717, 1.165) is 9.86 Å². The van der Waals surface area contributed by atoms with Crippen molar-refractivity contribution in [1.82, 2.24) is 19.9 Å². The molecule has 0 unspecified atom stereocenters. The molecule has 6 aromatic rings. The fraction of sp³-hybridized carbons (Fsp3) is 0. The number of aromatic amines is 1. The average molecular weight is 547 g/mol. The van der Waals surface area contributed by atoms with Crippen molar-refractivity contribution < 1.29 is 9.21 Å². The third kappa shape index (κ3) is 3.84. The molecule has 0 atom stereocenters. The molecule has 4 heterocycles. The van der Waals surface area contributed by atoms with Crippen molar-refractivity contribution in [2.75, 3.05) is 5.32 Å². The number of fused-ring (bicyclic) bond motifs is 4. The van der Waals surface area contributed by atoms with Gasteiger partial charge in [0.05, 0.1) is 5.02 Å². The summed E-state index contributed by atoms with van der Waals surface area (Å²) in [5.41, 5.74) is 2.39.